The van der Waals surface area contributed by atoms with Crippen LogP contribution in [0.1, 0.15) is 28.5 Å². The Bertz CT molecular complexity index is 709. The number of hydrogen-bond donors (Lipinski definition) is 2. The van der Waals surface area contributed by atoms with E-state index in [1.54, 1.807) is 28.9 Å². The van der Waals surface area contributed by atoms with E-state index < -0.39 is 0 Å². The number of aromatic nitrogens is 1. The third-order valence-corrected chi connectivity index (χ3v) is 5.83. The van der Waals surface area contributed by atoms with Gasteiger partial charge in [-0.1, -0.05) is 13.0 Å². The van der Waals surface area contributed by atoms with Gasteiger partial charge in [-0.25, -0.2) is 4.98 Å². The lowest BCUT2D eigenvalue weighted by atomic mass is 10.2. The van der Waals surface area contributed by atoms with E-state index in [9.17, 15) is 0 Å². The summed E-state index contributed by atoms with van der Waals surface area (Å²) in [5.41, 5.74) is 0. The lowest BCUT2D eigenvalue weighted by Gasteiger charge is -2.13. The first-order valence-electron chi connectivity index (χ1n) is 8.77. The highest BCUT2D eigenvalue weighted by molar-refractivity contribution is 7.10. The van der Waals surface area contributed by atoms with Crippen LogP contribution in [-0.2, 0) is 12.8 Å². The Balaban J connectivity index is 1.51. The van der Waals surface area contributed by atoms with Crippen molar-refractivity contribution in [1.29, 1.82) is 0 Å². The molecule has 0 aliphatic carbocycles. The van der Waals surface area contributed by atoms with E-state index in [0.29, 0.717) is 12.5 Å². The summed E-state index contributed by atoms with van der Waals surface area (Å²) < 4.78 is 5.39. The molecule has 0 amide bonds. The summed E-state index contributed by atoms with van der Waals surface area (Å²) in [6, 6.07) is 8.16. The highest BCUT2D eigenvalue weighted by Gasteiger charge is 2.08. The van der Waals surface area contributed by atoms with Crippen molar-refractivity contribution in [3.05, 3.63) is 63.1 Å². The topological polar surface area (TPSA) is 62.5 Å². The lowest BCUT2D eigenvalue weighted by molar-refractivity contribution is 0.506. The van der Waals surface area contributed by atoms with Crippen molar-refractivity contribution < 1.29 is 4.42 Å². The molecular formula is C19H24N4OS2. The van der Waals surface area contributed by atoms with Gasteiger partial charge in [0.25, 0.3) is 0 Å². The number of rotatable bonds is 9. The van der Waals surface area contributed by atoms with Gasteiger partial charge in [0.1, 0.15) is 5.76 Å². The Labute approximate surface area is 162 Å². The van der Waals surface area contributed by atoms with Gasteiger partial charge in [0.05, 0.1) is 17.8 Å². The fraction of sp³-hybridized carbons (Fsp3) is 0.368. The van der Waals surface area contributed by atoms with Crippen LogP contribution in [0.2, 0.25) is 0 Å². The summed E-state index contributed by atoms with van der Waals surface area (Å²) in [6.07, 6.45) is 5.39. The molecule has 3 rings (SSSR count). The average Bonchev–Trinajstić information content (AvgIpc) is 3.42. The van der Waals surface area contributed by atoms with Crippen LogP contribution in [0, 0.1) is 0 Å². The summed E-state index contributed by atoms with van der Waals surface area (Å²) in [6.45, 7) is 4.51. The van der Waals surface area contributed by atoms with Crippen molar-refractivity contribution in [3.63, 3.8) is 0 Å². The number of hydrogen-bond acceptors (Lipinski definition) is 5. The van der Waals surface area contributed by atoms with Crippen molar-refractivity contribution in [2.45, 2.75) is 25.7 Å². The van der Waals surface area contributed by atoms with Gasteiger partial charge >= 0.3 is 0 Å². The molecule has 5 nitrogen and oxygen atoms in total. The normalized spacial score (nSPS) is 12.9. The van der Waals surface area contributed by atoms with Gasteiger partial charge in [-0.05, 0) is 30.0 Å². The molecule has 1 unspecified atom stereocenters. The van der Waals surface area contributed by atoms with Crippen molar-refractivity contribution >= 4 is 28.6 Å². The van der Waals surface area contributed by atoms with E-state index in [0.717, 1.165) is 42.7 Å². The summed E-state index contributed by atoms with van der Waals surface area (Å²) in [4.78, 5) is 10.5. The summed E-state index contributed by atoms with van der Waals surface area (Å²) in [7, 11) is 0. The van der Waals surface area contributed by atoms with Crippen molar-refractivity contribution in [1.82, 2.24) is 15.6 Å². The third-order valence-electron chi connectivity index (χ3n) is 3.88. The van der Waals surface area contributed by atoms with Gasteiger partial charge in [0.2, 0.25) is 0 Å². The maximum Gasteiger partial charge on any atom is 0.191 e. The van der Waals surface area contributed by atoms with Crippen LogP contribution in [0.3, 0.4) is 0 Å². The zero-order chi connectivity index (χ0) is 18.0. The molecule has 138 valence electrons. The van der Waals surface area contributed by atoms with Gasteiger partial charge in [-0.3, -0.25) is 4.99 Å². The van der Waals surface area contributed by atoms with Crippen molar-refractivity contribution in [3.8, 4) is 0 Å². The average molecular weight is 389 g/mol. The highest BCUT2D eigenvalue weighted by Crippen LogP contribution is 2.17. The second-order valence-corrected chi connectivity index (χ2v) is 7.93. The first-order valence-corrected chi connectivity index (χ1v) is 10.5. The Hall–Kier alpha value is -2.12. The number of furan rings is 1. The predicted molar refractivity (Wildman–Crippen MR) is 109 cm³/mol. The highest BCUT2D eigenvalue weighted by atomic mass is 32.1. The molecule has 26 heavy (non-hydrogen) atoms. The fourth-order valence-electron chi connectivity index (χ4n) is 2.48. The zero-order valence-electron chi connectivity index (χ0n) is 14.9. The van der Waals surface area contributed by atoms with E-state index in [1.807, 2.05) is 23.7 Å². The largest absolute Gasteiger partial charge is 0.469 e. The summed E-state index contributed by atoms with van der Waals surface area (Å²) in [5.74, 6) is 2.14. The first-order chi connectivity index (χ1) is 12.8. The van der Waals surface area contributed by atoms with E-state index in [-0.39, 0.29) is 0 Å². The molecule has 2 N–H and O–H groups in total. The smallest absolute Gasteiger partial charge is 0.191 e. The van der Waals surface area contributed by atoms with Gasteiger partial charge in [-0.15, -0.1) is 22.7 Å². The first kappa shape index (κ1) is 18.7. The van der Waals surface area contributed by atoms with Crippen LogP contribution in [0.5, 0.6) is 0 Å². The maximum atomic E-state index is 5.39. The molecule has 3 heterocycles. The Morgan fingerprint density at radius 2 is 2.04 bits per heavy atom. The molecule has 1 atom stereocenters. The van der Waals surface area contributed by atoms with Crippen LogP contribution >= 0.6 is 22.7 Å². The number of thiazole rings is 1. The van der Waals surface area contributed by atoms with Gasteiger partial charge in [0, 0.05) is 41.9 Å². The molecule has 0 aliphatic heterocycles. The molecule has 3 aromatic heterocycles. The molecule has 0 aliphatic rings. The van der Waals surface area contributed by atoms with Gasteiger partial charge in [-0.2, -0.15) is 0 Å². The lowest BCUT2D eigenvalue weighted by Crippen LogP contribution is -2.39. The van der Waals surface area contributed by atoms with Crippen LogP contribution < -0.4 is 10.6 Å². The monoisotopic (exact) mass is 388 g/mol. The Kier molecular flexibility index (Phi) is 7.27. The van der Waals surface area contributed by atoms with E-state index in [2.05, 4.69) is 40.1 Å². The molecule has 0 fully saturated rings. The van der Waals surface area contributed by atoms with Crippen LogP contribution in [0.15, 0.2) is 56.9 Å². The number of thiophene rings is 1. The molecule has 0 radical (unpaired) electrons. The molecule has 0 saturated heterocycles. The van der Waals surface area contributed by atoms with Crippen LogP contribution in [0.4, 0.5) is 0 Å². The van der Waals surface area contributed by atoms with E-state index in [1.165, 1.54) is 4.88 Å². The third kappa shape index (κ3) is 6.00. The molecule has 7 heteroatoms. The predicted octanol–water partition coefficient (Wildman–Crippen LogP) is 3.92. The number of nitrogens with zero attached hydrogens (tertiary/aromatic N) is 2. The van der Waals surface area contributed by atoms with Gasteiger partial charge in [0.15, 0.2) is 5.96 Å². The SMILES string of the molecule is CC(CN=C(NCCc1ccco1)NCCc1cccs1)c1nccs1. The Morgan fingerprint density at radius 1 is 1.15 bits per heavy atom. The molecule has 0 saturated carbocycles. The molecule has 0 aromatic carbocycles. The zero-order valence-corrected chi connectivity index (χ0v) is 16.5. The molecule has 0 spiro atoms. The molecule has 3 aromatic rings. The minimum atomic E-state index is 0.316. The van der Waals surface area contributed by atoms with Gasteiger partial charge < -0.3 is 15.1 Å². The fourth-order valence-corrected chi connectivity index (χ4v) is 3.88. The van der Waals surface area contributed by atoms with Crippen molar-refractivity contribution in [2.24, 2.45) is 4.99 Å². The minimum Gasteiger partial charge on any atom is -0.469 e. The van der Waals surface area contributed by atoms with Crippen LogP contribution in [-0.4, -0.2) is 30.6 Å². The van der Waals surface area contributed by atoms with Crippen LogP contribution in [0.25, 0.3) is 0 Å². The van der Waals surface area contributed by atoms with E-state index in [4.69, 9.17) is 9.41 Å². The van der Waals surface area contributed by atoms with Crippen molar-refractivity contribution in [2.75, 3.05) is 19.6 Å². The van der Waals surface area contributed by atoms with E-state index >= 15 is 0 Å². The molecule has 0 bridgehead atoms. The summed E-state index contributed by atoms with van der Waals surface area (Å²) in [5, 5.41) is 12.1. The second-order valence-electron chi connectivity index (χ2n) is 5.97. The second kappa shape index (κ2) is 10.1. The standard InChI is InChI=1S/C19H24N4OS2/c1-15(18-20-10-13-26-18)14-23-19(21-8-6-16-4-2-11-24-16)22-9-7-17-5-3-12-25-17/h2-5,10-13,15H,6-9,14H2,1H3,(H2,21,22,23). The number of aliphatic imine (C=N–C) groups is 1. The number of guanidine groups is 1. The number of nitrogens with one attached hydrogen (secondary N) is 2. The minimum absolute atomic E-state index is 0.316. The summed E-state index contributed by atoms with van der Waals surface area (Å²) >= 11 is 3.47. The maximum absolute atomic E-state index is 5.39. The molecular weight excluding hydrogens is 364 g/mol. The Morgan fingerprint density at radius 3 is 2.73 bits per heavy atom. The quantitative estimate of drug-likeness (QED) is 0.431.